The van der Waals surface area contributed by atoms with E-state index in [4.69, 9.17) is 0 Å². The summed E-state index contributed by atoms with van der Waals surface area (Å²) in [7, 11) is 0. The van der Waals surface area contributed by atoms with Gasteiger partial charge in [-0.05, 0) is 48.7 Å². The second-order valence-electron chi connectivity index (χ2n) is 6.23. The normalized spacial score (nSPS) is 13.4. The fraction of sp³-hybridized carbons (Fsp3) is 0.200. The summed E-state index contributed by atoms with van der Waals surface area (Å²) in [6, 6.07) is 16.7. The molecule has 1 aliphatic heterocycles. The summed E-state index contributed by atoms with van der Waals surface area (Å²) >= 11 is 0. The molecule has 2 aromatic carbocycles. The molecule has 0 fully saturated rings. The maximum absolute atomic E-state index is 13.1. The highest BCUT2D eigenvalue weighted by Gasteiger charge is 2.18. The maximum atomic E-state index is 13.1. The van der Waals surface area contributed by atoms with Gasteiger partial charge in [-0.3, -0.25) is 0 Å². The first-order chi connectivity index (χ1) is 12.2. The standard InChI is InChI=1S/C20H19FN4/c1-14-22-19(24-18-8-6-17(21)7-9-18)12-20(23-14)25-11-10-15-4-2-3-5-16(15)13-25/h2-9,12H,10-11,13H2,1H3,(H,22,23,24). The predicted molar refractivity (Wildman–Crippen MR) is 97.6 cm³/mol. The zero-order chi connectivity index (χ0) is 17.2. The van der Waals surface area contributed by atoms with Gasteiger partial charge in [-0.2, -0.15) is 0 Å². The summed E-state index contributed by atoms with van der Waals surface area (Å²) in [5, 5.41) is 3.23. The lowest BCUT2D eigenvalue weighted by atomic mass is 10.00. The molecule has 4 rings (SSSR count). The van der Waals surface area contributed by atoms with Gasteiger partial charge in [-0.1, -0.05) is 24.3 Å². The van der Waals surface area contributed by atoms with Crippen LogP contribution < -0.4 is 10.2 Å². The number of fused-ring (bicyclic) bond motifs is 1. The van der Waals surface area contributed by atoms with Crippen LogP contribution in [0.4, 0.5) is 21.7 Å². The molecule has 1 aliphatic rings. The number of aryl methyl sites for hydroxylation is 1. The van der Waals surface area contributed by atoms with Gasteiger partial charge in [-0.25, -0.2) is 14.4 Å². The van der Waals surface area contributed by atoms with Crippen LogP contribution in [0.3, 0.4) is 0 Å². The summed E-state index contributed by atoms with van der Waals surface area (Å²) in [4.78, 5) is 11.3. The third-order valence-electron chi connectivity index (χ3n) is 4.40. The molecule has 0 radical (unpaired) electrons. The van der Waals surface area contributed by atoms with E-state index in [-0.39, 0.29) is 5.82 Å². The number of hydrogen-bond acceptors (Lipinski definition) is 4. The molecule has 0 amide bonds. The number of hydrogen-bond donors (Lipinski definition) is 1. The highest BCUT2D eigenvalue weighted by molar-refractivity contribution is 5.60. The van der Waals surface area contributed by atoms with Gasteiger partial charge >= 0.3 is 0 Å². The molecule has 0 spiro atoms. The molecule has 3 aromatic rings. The van der Waals surface area contributed by atoms with Gasteiger partial charge in [0.05, 0.1) is 0 Å². The van der Waals surface area contributed by atoms with Crippen LogP contribution in [0.25, 0.3) is 0 Å². The lowest BCUT2D eigenvalue weighted by Crippen LogP contribution is -2.31. The Morgan fingerprint density at radius 2 is 1.76 bits per heavy atom. The topological polar surface area (TPSA) is 41.1 Å². The van der Waals surface area contributed by atoms with Crippen LogP contribution in [0.5, 0.6) is 0 Å². The molecule has 2 heterocycles. The van der Waals surface area contributed by atoms with Crippen molar-refractivity contribution >= 4 is 17.3 Å². The van der Waals surface area contributed by atoms with E-state index in [1.54, 1.807) is 12.1 Å². The molecule has 0 saturated carbocycles. The van der Waals surface area contributed by atoms with Crippen molar-refractivity contribution in [1.82, 2.24) is 9.97 Å². The third-order valence-corrected chi connectivity index (χ3v) is 4.40. The lowest BCUT2D eigenvalue weighted by molar-refractivity contribution is 0.628. The van der Waals surface area contributed by atoms with Crippen molar-refractivity contribution in [3.05, 3.63) is 77.4 Å². The van der Waals surface area contributed by atoms with Crippen molar-refractivity contribution in [2.45, 2.75) is 19.9 Å². The molecule has 0 aliphatic carbocycles. The minimum absolute atomic E-state index is 0.253. The third kappa shape index (κ3) is 3.45. The summed E-state index contributed by atoms with van der Waals surface area (Å²) in [6.07, 6.45) is 1.01. The second kappa shape index (κ2) is 6.51. The van der Waals surface area contributed by atoms with E-state index in [1.807, 2.05) is 13.0 Å². The zero-order valence-corrected chi connectivity index (χ0v) is 14.0. The molecule has 25 heavy (non-hydrogen) atoms. The molecule has 1 aromatic heterocycles. The number of halogens is 1. The first kappa shape index (κ1) is 15.6. The molecule has 0 atom stereocenters. The van der Waals surface area contributed by atoms with Crippen LogP contribution in [0.1, 0.15) is 17.0 Å². The number of benzene rings is 2. The summed E-state index contributed by atoms with van der Waals surface area (Å²) in [5.41, 5.74) is 3.56. The quantitative estimate of drug-likeness (QED) is 0.778. The van der Waals surface area contributed by atoms with Crippen LogP contribution in [-0.4, -0.2) is 16.5 Å². The van der Waals surface area contributed by atoms with Gasteiger partial charge in [0.1, 0.15) is 23.3 Å². The van der Waals surface area contributed by atoms with Gasteiger partial charge in [0, 0.05) is 24.8 Å². The lowest BCUT2D eigenvalue weighted by Gasteiger charge is -2.30. The fourth-order valence-corrected chi connectivity index (χ4v) is 3.15. The molecular weight excluding hydrogens is 315 g/mol. The molecule has 126 valence electrons. The van der Waals surface area contributed by atoms with Crippen LogP contribution in [0.15, 0.2) is 54.6 Å². The Kier molecular flexibility index (Phi) is 4.06. The SMILES string of the molecule is Cc1nc(Nc2ccc(F)cc2)cc(N2CCc3ccccc3C2)n1. The Hall–Kier alpha value is -2.95. The van der Waals surface area contributed by atoms with Gasteiger partial charge in [-0.15, -0.1) is 0 Å². The molecule has 0 bridgehead atoms. The molecule has 4 nitrogen and oxygen atoms in total. The monoisotopic (exact) mass is 334 g/mol. The summed E-state index contributed by atoms with van der Waals surface area (Å²) in [6.45, 7) is 3.67. The van der Waals surface area contributed by atoms with Gasteiger partial charge in [0.25, 0.3) is 0 Å². The van der Waals surface area contributed by atoms with Crippen LogP contribution in [0, 0.1) is 12.7 Å². The Bertz CT molecular complexity index is 892. The maximum Gasteiger partial charge on any atom is 0.136 e. The summed E-state index contributed by atoms with van der Waals surface area (Å²) < 4.78 is 13.1. The molecule has 1 N–H and O–H groups in total. The largest absolute Gasteiger partial charge is 0.352 e. The number of nitrogens with zero attached hydrogens (tertiary/aromatic N) is 3. The first-order valence-corrected chi connectivity index (χ1v) is 8.37. The highest BCUT2D eigenvalue weighted by atomic mass is 19.1. The molecule has 5 heteroatoms. The average molecular weight is 334 g/mol. The zero-order valence-electron chi connectivity index (χ0n) is 14.0. The van der Waals surface area contributed by atoms with E-state index >= 15 is 0 Å². The smallest absolute Gasteiger partial charge is 0.136 e. The average Bonchev–Trinajstić information content (AvgIpc) is 2.63. The van der Waals surface area contributed by atoms with E-state index in [9.17, 15) is 4.39 Å². The van der Waals surface area contributed by atoms with E-state index in [0.29, 0.717) is 11.6 Å². The van der Waals surface area contributed by atoms with E-state index < -0.39 is 0 Å². The van der Waals surface area contributed by atoms with Gasteiger partial charge in [0.15, 0.2) is 0 Å². The van der Waals surface area contributed by atoms with Crippen molar-refractivity contribution < 1.29 is 4.39 Å². The van der Waals surface area contributed by atoms with Crippen molar-refractivity contribution in [2.75, 3.05) is 16.8 Å². The fourth-order valence-electron chi connectivity index (χ4n) is 3.15. The summed E-state index contributed by atoms with van der Waals surface area (Å²) in [5.74, 6) is 2.08. The Morgan fingerprint density at radius 3 is 2.56 bits per heavy atom. The minimum atomic E-state index is -0.253. The van der Waals surface area contributed by atoms with Crippen molar-refractivity contribution in [1.29, 1.82) is 0 Å². The van der Waals surface area contributed by atoms with E-state index in [2.05, 4.69) is 44.5 Å². The van der Waals surface area contributed by atoms with Crippen LogP contribution in [0.2, 0.25) is 0 Å². The number of anilines is 3. The Labute approximate surface area is 146 Å². The Balaban J connectivity index is 1.59. The number of rotatable bonds is 3. The predicted octanol–water partition coefficient (Wildman–Crippen LogP) is 4.23. The number of aromatic nitrogens is 2. The van der Waals surface area contributed by atoms with E-state index in [1.165, 1.54) is 23.3 Å². The molecule has 0 unspecified atom stereocenters. The number of nitrogens with one attached hydrogen (secondary N) is 1. The molecular formula is C20H19FN4. The molecule has 0 saturated heterocycles. The Morgan fingerprint density at radius 1 is 1.00 bits per heavy atom. The van der Waals surface area contributed by atoms with E-state index in [0.717, 1.165) is 31.0 Å². The van der Waals surface area contributed by atoms with Crippen LogP contribution >= 0.6 is 0 Å². The second-order valence-corrected chi connectivity index (χ2v) is 6.23. The van der Waals surface area contributed by atoms with Crippen molar-refractivity contribution in [3.8, 4) is 0 Å². The van der Waals surface area contributed by atoms with Crippen molar-refractivity contribution in [2.24, 2.45) is 0 Å². The van der Waals surface area contributed by atoms with Crippen LogP contribution in [-0.2, 0) is 13.0 Å². The first-order valence-electron chi connectivity index (χ1n) is 8.37. The van der Waals surface area contributed by atoms with Crippen molar-refractivity contribution in [3.63, 3.8) is 0 Å². The van der Waals surface area contributed by atoms with Gasteiger partial charge < -0.3 is 10.2 Å². The minimum Gasteiger partial charge on any atom is -0.352 e. The van der Waals surface area contributed by atoms with Gasteiger partial charge in [0.2, 0.25) is 0 Å². The highest BCUT2D eigenvalue weighted by Crippen LogP contribution is 2.25.